The summed E-state index contributed by atoms with van der Waals surface area (Å²) in [5.41, 5.74) is -0.219. The Bertz CT molecular complexity index is 1160. The number of pyridine rings is 1. The Morgan fingerprint density at radius 1 is 1.22 bits per heavy atom. The number of aromatic nitrogens is 2. The van der Waals surface area contributed by atoms with Gasteiger partial charge in [0.2, 0.25) is 0 Å². The van der Waals surface area contributed by atoms with Crippen LogP contribution in [0.5, 0.6) is 11.5 Å². The van der Waals surface area contributed by atoms with E-state index in [1.807, 2.05) is 6.92 Å². The van der Waals surface area contributed by atoms with Crippen molar-refractivity contribution in [3.8, 4) is 11.5 Å². The molecule has 172 valence electrons. The highest BCUT2D eigenvalue weighted by Crippen LogP contribution is 2.40. The van der Waals surface area contributed by atoms with Gasteiger partial charge in [-0.2, -0.15) is 0 Å². The van der Waals surface area contributed by atoms with E-state index in [2.05, 4.69) is 4.98 Å². The van der Waals surface area contributed by atoms with E-state index in [1.165, 1.54) is 36.4 Å². The number of carboxylic acid groups (broad SMARTS) is 1. The predicted molar refractivity (Wildman–Crippen MR) is 119 cm³/mol. The molecule has 0 spiro atoms. The standard InChI is InChI=1S/C22H27N3O7/c1-6-31-10-9-24(21(29)32-22(2,3)4)19-18-13-11-17(30-5)16(26)12-15(13)25(20(27)28)14(18)7-8-23-19/h7-8,11-12,26H,6,9-10H2,1-5H3,(H,27,28). The van der Waals surface area contributed by atoms with E-state index in [4.69, 9.17) is 14.2 Å². The van der Waals surface area contributed by atoms with Gasteiger partial charge in [-0.15, -0.1) is 0 Å². The van der Waals surface area contributed by atoms with Crippen molar-refractivity contribution >= 4 is 39.8 Å². The van der Waals surface area contributed by atoms with E-state index in [1.54, 1.807) is 20.8 Å². The fraction of sp³-hybridized carbons (Fsp3) is 0.409. The summed E-state index contributed by atoms with van der Waals surface area (Å²) in [5.74, 6) is 0.171. The number of carbonyl (C=O) groups excluding carboxylic acids is 1. The van der Waals surface area contributed by atoms with Gasteiger partial charge in [0.05, 0.1) is 36.7 Å². The Kier molecular flexibility index (Phi) is 6.45. The molecule has 10 heteroatoms. The third-order valence-electron chi connectivity index (χ3n) is 4.68. The molecule has 2 N–H and O–H groups in total. The monoisotopic (exact) mass is 445 g/mol. The summed E-state index contributed by atoms with van der Waals surface area (Å²) in [6.07, 6.45) is -0.463. The summed E-state index contributed by atoms with van der Waals surface area (Å²) in [5, 5.41) is 20.9. The fourth-order valence-electron chi connectivity index (χ4n) is 3.43. The number of nitrogens with zero attached hydrogens (tertiary/aromatic N) is 3. The van der Waals surface area contributed by atoms with Crippen LogP contribution in [0.25, 0.3) is 21.8 Å². The van der Waals surface area contributed by atoms with Crippen molar-refractivity contribution in [2.75, 3.05) is 31.8 Å². The number of rotatable bonds is 6. The van der Waals surface area contributed by atoms with E-state index in [-0.39, 0.29) is 36.0 Å². The Balaban J connectivity index is 2.31. The van der Waals surface area contributed by atoms with Crippen molar-refractivity contribution in [1.29, 1.82) is 0 Å². The lowest BCUT2D eigenvalue weighted by Crippen LogP contribution is -2.39. The van der Waals surface area contributed by atoms with Crippen LogP contribution < -0.4 is 9.64 Å². The van der Waals surface area contributed by atoms with Gasteiger partial charge in [0, 0.05) is 24.3 Å². The minimum Gasteiger partial charge on any atom is -0.504 e. The first kappa shape index (κ1) is 23.1. The van der Waals surface area contributed by atoms with Crippen LogP contribution >= 0.6 is 0 Å². The van der Waals surface area contributed by atoms with E-state index in [0.717, 1.165) is 4.57 Å². The number of phenols is 1. The number of methoxy groups -OCH3 is 1. The number of anilines is 1. The number of hydrogen-bond acceptors (Lipinski definition) is 7. The molecule has 0 aliphatic carbocycles. The molecule has 3 aromatic rings. The number of phenolic OH excluding ortho intramolecular Hbond substituents is 1. The van der Waals surface area contributed by atoms with Gasteiger partial charge in [-0.3, -0.25) is 4.90 Å². The largest absolute Gasteiger partial charge is 0.504 e. The van der Waals surface area contributed by atoms with Gasteiger partial charge in [0.25, 0.3) is 0 Å². The molecule has 0 aliphatic heterocycles. The number of fused-ring (bicyclic) bond motifs is 3. The maximum absolute atomic E-state index is 13.1. The Hall–Kier alpha value is -3.53. The second kappa shape index (κ2) is 8.91. The van der Waals surface area contributed by atoms with Gasteiger partial charge in [0.15, 0.2) is 11.5 Å². The molecular weight excluding hydrogens is 418 g/mol. The predicted octanol–water partition coefficient (Wildman–Crippen LogP) is 4.21. The van der Waals surface area contributed by atoms with Gasteiger partial charge in [-0.1, -0.05) is 0 Å². The lowest BCUT2D eigenvalue weighted by atomic mass is 10.1. The van der Waals surface area contributed by atoms with Gasteiger partial charge in [-0.25, -0.2) is 19.1 Å². The number of benzene rings is 1. The first-order valence-electron chi connectivity index (χ1n) is 10.1. The van der Waals surface area contributed by atoms with E-state index >= 15 is 0 Å². The molecule has 0 unspecified atom stereocenters. The average molecular weight is 445 g/mol. The van der Waals surface area contributed by atoms with Crippen LogP contribution in [0.1, 0.15) is 27.7 Å². The van der Waals surface area contributed by atoms with Crippen LogP contribution in [-0.2, 0) is 9.47 Å². The summed E-state index contributed by atoms with van der Waals surface area (Å²) >= 11 is 0. The number of hydrogen-bond donors (Lipinski definition) is 2. The van der Waals surface area contributed by atoms with Crippen LogP contribution in [0.4, 0.5) is 15.4 Å². The molecular formula is C22H27N3O7. The molecule has 32 heavy (non-hydrogen) atoms. The second-order valence-electron chi connectivity index (χ2n) is 8.02. The second-order valence-corrected chi connectivity index (χ2v) is 8.02. The summed E-state index contributed by atoms with van der Waals surface area (Å²) in [6.45, 7) is 7.95. The van der Waals surface area contributed by atoms with Crippen molar-refractivity contribution in [3.63, 3.8) is 0 Å². The number of carbonyl (C=O) groups is 2. The minimum absolute atomic E-state index is 0.143. The van der Waals surface area contributed by atoms with Crippen LogP contribution in [0.3, 0.4) is 0 Å². The molecule has 0 bridgehead atoms. The summed E-state index contributed by atoms with van der Waals surface area (Å²) in [6, 6.07) is 4.36. The molecule has 0 atom stereocenters. The topological polar surface area (TPSA) is 123 Å². The fourth-order valence-corrected chi connectivity index (χ4v) is 3.43. The molecule has 10 nitrogen and oxygen atoms in total. The third-order valence-corrected chi connectivity index (χ3v) is 4.68. The van der Waals surface area contributed by atoms with Crippen LogP contribution in [0.15, 0.2) is 24.4 Å². The zero-order valence-electron chi connectivity index (χ0n) is 18.7. The van der Waals surface area contributed by atoms with Crippen LogP contribution in [0.2, 0.25) is 0 Å². The molecule has 0 fully saturated rings. The molecule has 0 aliphatic rings. The molecule has 1 amide bonds. The smallest absolute Gasteiger partial charge is 0.416 e. The molecule has 2 heterocycles. The Morgan fingerprint density at radius 2 is 1.94 bits per heavy atom. The minimum atomic E-state index is -1.25. The lowest BCUT2D eigenvalue weighted by Gasteiger charge is -2.27. The van der Waals surface area contributed by atoms with Gasteiger partial charge in [-0.05, 0) is 39.8 Å². The van der Waals surface area contributed by atoms with E-state index in [0.29, 0.717) is 22.9 Å². The zero-order valence-corrected chi connectivity index (χ0v) is 18.7. The van der Waals surface area contributed by atoms with E-state index in [9.17, 15) is 19.8 Å². The molecule has 3 rings (SSSR count). The van der Waals surface area contributed by atoms with Gasteiger partial charge < -0.3 is 24.4 Å². The summed E-state index contributed by atoms with van der Waals surface area (Å²) in [4.78, 5) is 30.9. The highest BCUT2D eigenvalue weighted by Gasteiger charge is 2.28. The van der Waals surface area contributed by atoms with Crippen LogP contribution in [-0.4, -0.2) is 64.4 Å². The number of amides is 1. The van der Waals surface area contributed by atoms with Crippen molar-refractivity contribution < 1.29 is 34.0 Å². The molecule has 1 aromatic carbocycles. The summed E-state index contributed by atoms with van der Waals surface area (Å²) in [7, 11) is 1.39. The number of aromatic hydroxyl groups is 1. The normalized spacial score (nSPS) is 11.7. The van der Waals surface area contributed by atoms with Crippen molar-refractivity contribution in [3.05, 3.63) is 24.4 Å². The average Bonchev–Trinajstić information content (AvgIpc) is 3.02. The molecule has 0 saturated heterocycles. The molecule has 2 aromatic heterocycles. The highest BCUT2D eigenvalue weighted by molar-refractivity contribution is 6.18. The maximum atomic E-state index is 13.1. The van der Waals surface area contributed by atoms with Crippen molar-refractivity contribution in [2.45, 2.75) is 33.3 Å². The summed E-state index contributed by atoms with van der Waals surface area (Å²) < 4.78 is 17.2. The first-order valence-corrected chi connectivity index (χ1v) is 10.1. The SMILES string of the molecule is CCOCCN(C(=O)OC(C)(C)C)c1nccc2c1c1cc(OC)c(O)cc1n2C(=O)O. The first-order chi connectivity index (χ1) is 15.1. The number of ether oxygens (including phenoxy) is 3. The molecule has 0 saturated carbocycles. The van der Waals surface area contributed by atoms with Crippen LogP contribution in [0, 0.1) is 0 Å². The van der Waals surface area contributed by atoms with Gasteiger partial charge >= 0.3 is 12.2 Å². The Labute approximate surface area is 184 Å². The zero-order chi connectivity index (χ0) is 23.6. The molecule has 0 radical (unpaired) electrons. The van der Waals surface area contributed by atoms with Crippen molar-refractivity contribution in [2.24, 2.45) is 0 Å². The Morgan fingerprint density at radius 3 is 2.53 bits per heavy atom. The quantitative estimate of drug-likeness (QED) is 0.541. The third kappa shape index (κ3) is 4.40. The van der Waals surface area contributed by atoms with E-state index < -0.39 is 17.8 Å². The lowest BCUT2D eigenvalue weighted by molar-refractivity contribution is 0.0562. The highest BCUT2D eigenvalue weighted by atomic mass is 16.6. The van der Waals surface area contributed by atoms with Gasteiger partial charge in [0.1, 0.15) is 11.4 Å². The van der Waals surface area contributed by atoms with Crippen molar-refractivity contribution in [1.82, 2.24) is 9.55 Å². The maximum Gasteiger partial charge on any atom is 0.416 e.